The van der Waals surface area contributed by atoms with Gasteiger partial charge in [0.05, 0.1) is 5.71 Å². The molecule has 25 heavy (non-hydrogen) atoms. The van der Waals surface area contributed by atoms with Crippen LogP contribution in [0.4, 0.5) is 4.39 Å². The highest BCUT2D eigenvalue weighted by molar-refractivity contribution is 6.00. The molecule has 0 saturated heterocycles. The van der Waals surface area contributed by atoms with Gasteiger partial charge in [-0.05, 0) is 30.7 Å². The standard InChI is InChI=1S/C21H35FN2O/c1-3-4-5-6-7-8-9-10-11-17-23-18-16-21(24-25-2)19-12-14-20(22)15-13-19/h12-15,23H,3-11,16-18H2,1-2H3/b24-21-. The summed E-state index contributed by atoms with van der Waals surface area (Å²) < 4.78 is 13.0. The molecule has 0 amide bonds. The molecule has 0 aliphatic heterocycles. The van der Waals surface area contributed by atoms with Crippen molar-refractivity contribution in [1.29, 1.82) is 0 Å². The Labute approximate surface area is 153 Å². The van der Waals surface area contributed by atoms with Gasteiger partial charge in [-0.2, -0.15) is 0 Å². The zero-order chi connectivity index (χ0) is 18.2. The summed E-state index contributed by atoms with van der Waals surface area (Å²) in [6.07, 6.45) is 12.9. The molecule has 1 aromatic carbocycles. The molecule has 0 bridgehead atoms. The molecule has 0 aliphatic carbocycles. The molecule has 0 saturated carbocycles. The molecular formula is C21H35FN2O. The van der Waals surface area contributed by atoms with Crippen molar-refractivity contribution < 1.29 is 9.23 Å². The van der Waals surface area contributed by atoms with Crippen LogP contribution in [-0.2, 0) is 4.84 Å². The number of rotatable bonds is 15. The van der Waals surface area contributed by atoms with E-state index in [9.17, 15) is 4.39 Å². The molecule has 0 fully saturated rings. The molecule has 0 aliphatic rings. The second kappa shape index (κ2) is 14.9. The lowest BCUT2D eigenvalue weighted by molar-refractivity contribution is 0.213. The average molecular weight is 351 g/mol. The van der Waals surface area contributed by atoms with E-state index >= 15 is 0 Å². The van der Waals surface area contributed by atoms with E-state index in [1.54, 1.807) is 19.2 Å². The average Bonchev–Trinajstić information content (AvgIpc) is 2.62. The molecule has 1 rings (SSSR count). The van der Waals surface area contributed by atoms with Gasteiger partial charge >= 0.3 is 0 Å². The van der Waals surface area contributed by atoms with Gasteiger partial charge in [-0.25, -0.2) is 4.39 Å². The SMILES string of the molecule is CCCCCCCCCCCNCC/C(=N/OC)c1ccc(F)cc1. The summed E-state index contributed by atoms with van der Waals surface area (Å²) >= 11 is 0. The quantitative estimate of drug-likeness (QED) is 0.250. The number of nitrogens with zero attached hydrogens (tertiary/aromatic N) is 1. The second-order valence-electron chi connectivity index (χ2n) is 6.56. The molecular weight excluding hydrogens is 315 g/mol. The Bertz CT molecular complexity index is 459. The van der Waals surface area contributed by atoms with Gasteiger partial charge in [0.1, 0.15) is 12.9 Å². The Morgan fingerprint density at radius 2 is 1.52 bits per heavy atom. The Hall–Kier alpha value is -1.42. The highest BCUT2D eigenvalue weighted by atomic mass is 19.1. The number of hydrogen-bond donors (Lipinski definition) is 1. The van der Waals surface area contributed by atoms with Gasteiger partial charge in [-0.15, -0.1) is 0 Å². The largest absolute Gasteiger partial charge is 0.399 e. The summed E-state index contributed by atoms with van der Waals surface area (Å²) in [4.78, 5) is 4.91. The van der Waals surface area contributed by atoms with Crippen LogP contribution in [0.25, 0.3) is 0 Å². The maximum absolute atomic E-state index is 13.0. The number of oxime groups is 1. The smallest absolute Gasteiger partial charge is 0.123 e. The van der Waals surface area contributed by atoms with Crippen molar-refractivity contribution in [3.63, 3.8) is 0 Å². The first-order valence-corrected chi connectivity index (χ1v) is 9.84. The highest BCUT2D eigenvalue weighted by Gasteiger charge is 2.05. The first-order valence-electron chi connectivity index (χ1n) is 9.84. The maximum Gasteiger partial charge on any atom is 0.123 e. The third kappa shape index (κ3) is 10.9. The van der Waals surface area contributed by atoms with Crippen LogP contribution in [-0.4, -0.2) is 25.9 Å². The lowest BCUT2D eigenvalue weighted by Crippen LogP contribution is -2.20. The van der Waals surface area contributed by atoms with Gasteiger partial charge in [0.15, 0.2) is 0 Å². The van der Waals surface area contributed by atoms with Gasteiger partial charge in [0, 0.05) is 13.0 Å². The molecule has 1 N–H and O–H groups in total. The van der Waals surface area contributed by atoms with Crippen LogP contribution in [0.1, 0.15) is 76.7 Å². The van der Waals surface area contributed by atoms with Crippen molar-refractivity contribution >= 4 is 5.71 Å². The molecule has 0 unspecified atom stereocenters. The lowest BCUT2D eigenvalue weighted by atomic mass is 10.1. The van der Waals surface area contributed by atoms with Crippen LogP contribution in [0, 0.1) is 5.82 Å². The first-order chi connectivity index (χ1) is 12.3. The third-order valence-corrected chi connectivity index (χ3v) is 4.37. The zero-order valence-electron chi connectivity index (χ0n) is 16.0. The Kier molecular flexibility index (Phi) is 12.9. The minimum atomic E-state index is -0.232. The number of benzene rings is 1. The van der Waals surface area contributed by atoms with Gasteiger partial charge in [-0.1, -0.05) is 75.6 Å². The summed E-state index contributed by atoms with van der Waals surface area (Å²) in [6.45, 7) is 4.16. The number of nitrogens with one attached hydrogen (secondary N) is 1. The van der Waals surface area contributed by atoms with E-state index in [4.69, 9.17) is 4.84 Å². The topological polar surface area (TPSA) is 33.6 Å². The van der Waals surface area contributed by atoms with E-state index in [2.05, 4.69) is 17.4 Å². The molecule has 142 valence electrons. The lowest BCUT2D eigenvalue weighted by Gasteiger charge is -2.08. The molecule has 0 spiro atoms. The predicted octanol–water partition coefficient (Wildman–Crippen LogP) is 5.69. The zero-order valence-corrected chi connectivity index (χ0v) is 16.0. The van der Waals surface area contributed by atoms with Crippen LogP contribution in [0.5, 0.6) is 0 Å². The first kappa shape index (κ1) is 21.6. The Balaban J connectivity index is 2.05. The van der Waals surface area contributed by atoms with Crippen LogP contribution in [0.3, 0.4) is 0 Å². The van der Waals surface area contributed by atoms with Crippen molar-refractivity contribution in [1.82, 2.24) is 5.32 Å². The fourth-order valence-electron chi connectivity index (χ4n) is 2.89. The van der Waals surface area contributed by atoms with E-state index in [0.29, 0.717) is 0 Å². The monoisotopic (exact) mass is 350 g/mol. The number of hydrogen-bond acceptors (Lipinski definition) is 3. The molecule has 0 atom stereocenters. The Morgan fingerprint density at radius 1 is 0.920 bits per heavy atom. The van der Waals surface area contributed by atoms with Crippen LogP contribution >= 0.6 is 0 Å². The van der Waals surface area contributed by atoms with Crippen molar-refractivity contribution in [3.8, 4) is 0 Å². The van der Waals surface area contributed by atoms with Crippen LogP contribution < -0.4 is 5.32 Å². The van der Waals surface area contributed by atoms with E-state index in [0.717, 1.165) is 30.8 Å². The molecule has 0 radical (unpaired) electrons. The summed E-state index contributed by atoms with van der Waals surface area (Å²) in [7, 11) is 1.54. The van der Waals surface area contributed by atoms with Crippen LogP contribution in [0.15, 0.2) is 29.4 Å². The van der Waals surface area contributed by atoms with E-state index in [1.165, 1.54) is 69.9 Å². The van der Waals surface area contributed by atoms with Gasteiger partial charge in [0.25, 0.3) is 0 Å². The van der Waals surface area contributed by atoms with Gasteiger partial charge in [0.2, 0.25) is 0 Å². The molecule has 3 nitrogen and oxygen atoms in total. The van der Waals surface area contributed by atoms with Gasteiger partial charge < -0.3 is 10.2 Å². The van der Waals surface area contributed by atoms with Gasteiger partial charge in [-0.3, -0.25) is 0 Å². The summed E-state index contributed by atoms with van der Waals surface area (Å²) in [5, 5.41) is 7.53. The van der Waals surface area contributed by atoms with E-state index < -0.39 is 0 Å². The summed E-state index contributed by atoms with van der Waals surface area (Å²) in [5.41, 5.74) is 1.76. The minimum Gasteiger partial charge on any atom is -0.399 e. The molecule has 1 aromatic rings. The second-order valence-corrected chi connectivity index (χ2v) is 6.56. The van der Waals surface area contributed by atoms with Crippen LogP contribution in [0.2, 0.25) is 0 Å². The fraction of sp³-hybridized carbons (Fsp3) is 0.667. The molecule has 0 aromatic heterocycles. The summed E-state index contributed by atoms with van der Waals surface area (Å²) in [5.74, 6) is -0.232. The fourth-order valence-corrected chi connectivity index (χ4v) is 2.89. The number of unbranched alkanes of at least 4 members (excludes halogenated alkanes) is 8. The maximum atomic E-state index is 13.0. The summed E-state index contributed by atoms with van der Waals surface area (Å²) in [6, 6.07) is 6.40. The van der Waals surface area contributed by atoms with Crippen molar-refractivity contribution in [3.05, 3.63) is 35.6 Å². The number of halogens is 1. The van der Waals surface area contributed by atoms with E-state index in [1.807, 2.05) is 0 Å². The minimum absolute atomic E-state index is 0.232. The van der Waals surface area contributed by atoms with E-state index in [-0.39, 0.29) is 5.82 Å². The Morgan fingerprint density at radius 3 is 2.12 bits per heavy atom. The third-order valence-electron chi connectivity index (χ3n) is 4.37. The van der Waals surface area contributed by atoms with Crippen molar-refractivity contribution in [2.75, 3.05) is 20.2 Å². The van der Waals surface area contributed by atoms with Crippen molar-refractivity contribution in [2.24, 2.45) is 5.16 Å². The predicted molar refractivity (Wildman–Crippen MR) is 105 cm³/mol. The highest BCUT2D eigenvalue weighted by Crippen LogP contribution is 2.09. The molecule has 0 heterocycles. The normalized spacial score (nSPS) is 11.7. The molecule has 4 heteroatoms. The van der Waals surface area contributed by atoms with Crippen molar-refractivity contribution in [2.45, 2.75) is 71.1 Å².